The van der Waals surface area contributed by atoms with Gasteiger partial charge in [-0.25, -0.2) is 4.79 Å². The van der Waals surface area contributed by atoms with Crippen molar-refractivity contribution in [2.45, 2.75) is 20.5 Å². The third-order valence-electron chi connectivity index (χ3n) is 3.80. The Bertz CT molecular complexity index is 801. The maximum atomic E-state index is 12.3. The Hall–Kier alpha value is -2.81. The van der Waals surface area contributed by atoms with E-state index in [2.05, 4.69) is 31.2 Å². The van der Waals surface area contributed by atoms with Gasteiger partial charge in [-0.3, -0.25) is 4.57 Å². The highest BCUT2D eigenvalue weighted by atomic mass is 16.5. The maximum absolute atomic E-state index is 12.3. The van der Waals surface area contributed by atoms with E-state index in [1.807, 2.05) is 49.5 Å². The average Bonchev–Trinajstić information content (AvgIpc) is 2.96. The summed E-state index contributed by atoms with van der Waals surface area (Å²) in [7, 11) is 0. The van der Waals surface area contributed by atoms with Crippen LogP contribution in [0.15, 0.2) is 66.9 Å². The van der Waals surface area contributed by atoms with E-state index in [1.165, 1.54) is 5.56 Å². The highest BCUT2D eigenvalue weighted by Crippen LogP contribution is 2.22. The Labute approximate surface area is 136 Å². The van der Waals surface area contributed by atoms with Crippen molar-refractivity contribution in [3.63, 3.8) is 0 Å². The lowest BCUT2D eigenvalue weighted by Gasteiger charge is -2.06. The van der Waals surface area contributed by atoms with Crippen molar-refractivity contribution in [2.75, 3.05) is 0 Å². The molecule has 0 saturated heterocycles. The van der Waals surface area contributed by atoms with Crippen molar-refractivity contribution in [3.05, 3.63) is 83.7 Å². The number of nitrogens with zero attached hydrogens (tertiary/aromatic N) is 1. The number of ether oxygens (including phenoxy) is 1. The number of hydrogen-bond donors (Lipinski definition) is 0. The third kappa shape index (κ3) is 3.51. The number of aryl methyl sites for hydroxylation is 2. The largest absolute Gasteiger partial charge is 0.444 e. The molecule has 0 unspecified atom stereocenters. The molecule has 0 spiro atoms. The first-order valence-electron chi connectivity index (χ1n) is 7.60. The predicted octanol–water partition coefficient (Wildman–Crippen LogP) is 4.96. The second-order valence-corrected chi connectivity index (χ2v) is 5.65. The SMILES string of the molecule is Cc1ccc(-c2cc(C)n(C(=O)OCc3ccccc3)c2)cc1. The first-order chi connectivity index (χ1) is 11.1. The van der Waals surface area contributed by atoms with Gasteiger partial charge in [0.15, 0.2) is 0 Å². The fourth-order valence-corrected chi connectivity index (χ4v) is 2.46. The van der Waals surface area contributed by atoms with Crippen LogP contribution in [0.5, 0.6) is 0 Å². The number of benzene rings is 2. The lowest BCUT2D eigenvalue weighted by molar-refractivity contribution is 0.141. The summed E-state index contributed by atoms with van der Waals surface area (Å²) >= 11 is 0. The first kappa shape index (κ1) is 15.1. The monoisotopic (exact) mass is 305 g/mol. The van der Waals surface area contributed by atoms with Crippen LogP contribution >= 0.6 is 0 Å². The van der Waals surface area contributed by atoms with E-state index in [1.54, 1.807) is 4.57 Å². The molecular weight excluding hydrogens is 286 g/mol. The fourth-order valence-electron chi connectivity index (χ4n) is 2.46. The van der Waals surface area contributed by atoms with Crippen LogP contribution in [-0.2, 0) is 11.3 Å². The third-order valence-corrected chi connectivity index (χ3v) is 3.80. The van der Waals surface area contributed by atoms with Gasteiger partial charge in [-0.15, -0.1) is 0 Å². The molecule has 0 aliphatic carbocycles. The molecule has 0 N–H and O–H groups in total. The normalized spacial score (nSPS) is 10.5. The Balaban J connectivity index is 1.75. The molecule has 3 rings (SSSR count). The lowest BCUT2D eigenvalue weighted by atomic mass is 10.1. The van der Waals surface area contributed by atoms with Gasteiger partial charge in [0.25, 0.3) is 0 Å². The van der Waals surface area contributed by atoms with Gasteiger partial charge in [-0.05, 0) is 31.0 Å². The van der Waals surface area contributed by atoms with Crippen LogP contribution in [0.4, 0.5) is 4.79 Å². The van der Waals surface area contributed by atoms with Gasteiger partial charge in [0.1, 0.15) is 6.61 Å². The van der Waals surface area contributed by atoms with Crippen molar-refractivity contribution in [1.82, 2.24) is 4.57 Å². The Morgan fingerprint density at radius 3 is 2.35 bits per heavy atom. The molecule has 0 saturated carbocycles. The minimum atomic E-state index is -0.357. The average molecular weight is 305 g/mol. The fraction of sp³-hybridized carbons (Fsp3) is 0.150. The van der Waals surface area contributed by atoms with Crippen molar-refractivity contribution in [1.29, 1.82) is 0 Å². The number of carbonyl (C=O) groups excluding carboxylic acids is 1. The summed E-state index contributed by atoms with van der Waals surface area (Å²) in [5.41, 5.74) is 5.16. The number of aromatic nitrogens is 1. The van der Waals surface area contributed by atoms with E-state index in [4.69, 9.17) is 4.74 Å². The smallest absolute Gasteiger partial charge is 0.418 e. The molecule has 1 heterocycles. The van der Waals surface area contributed by atoms with Gasteiger partial charge in [-0.1, -0.05) is 60.2 Å². The molecule has 0 fully saturated rings. The standard InChI is InChI=1S/C20H19NO2/c1-15-8-10-18(11-9-15)19-12-16(2)21(13-19)20(22)23-14-17-6-4-3-5-7-17/h3-13H,14H2,1-2H3. The Morgan fingerprint density at radius 1 is 0.957 bits per heavy atom. The van der Waals surface area contributed by atoms with E-state index in [9.17, 15) is 4.79 Å². The summed E-state index contributed by atoms with van der Waals surface area (Å²) in [5.74, 6) is 0. The summed E-state index contributed by atoms with van der Waals surface area (Å²) < 4.78 is 6.94. The zero-order valence-corrected chi connectivity index (χ0v) is 13.3. The maximum Gasteiger partial charge on any atom is 0.418 e. The van der Waals surface area contributed by atoms with Crippen LogP contribution in [-0.4, -0.2) is 10.7 Å². The topological polar surface area (TPSA) is 31.2 Å². The molecular formula is C20H19NO2. The zero-order chi connectivity index (χ0) is 16.2. The van der Waals surface area contributed by atoms with Crippen LogP contribution in [0, 0.1) is 13.8 Å². The molecule has 1 aromatic heterocycles. The summed E-state index contributed by atoms with van der Waals surface area (Å²) in [6, 6.07) is 19.9. The van der Waals surface area contributed by atoms with E-state index in [0.29, 0.717) is 0 Å². The molecule has 2 aromatic carbocycles. The zero-order valence-electron chi connectivity index (χ0n) is 13.3. The molecule has 0 atom stereocenters. The number of rotatable bonds is 3. The van der Waals surface area contributed by atoms with Gasteiger partial charge in [0, 0.05) is 17.5 Å². The van der Waals surface area contributed by atoms with Crippen LogP contribution < -0.4 is 0 Å². The van der Waals surface area contributed by atoms with Crippen molar-refractivity contribution >= 4 is 6.09 Å². The van der Waals surface area contributed by atoms with Crippen LogP contribution in [0.2, 0.25) is 0 Å². The molecule has 0 amide bonds. The molecule has 0 aliphatic rings. The number of hydrogen-bond acceptors (Lipinski definition) is 2. The van der Waals surface area contributed by atoms with Crippen LogP contribution in [0.3, 0.4) is 0 Å². The minimum absolute atomic E-state index is 0.275. The molecule has 3 aromatic rings. The van der Waals surface area contributed by atoms with Gasteiger partial charge < -0.3 is 4.74 Å². The summed E-state index contributed by atoms with van der Waals surface area (Å²) in [4.78, 5) is 12.3. The molecule has 3 nitrogen and oxygen atoms in total. The summed E-state index contributed by atoms with van der Waals surface area (Å²) in [6.07, 6.45) is 1.47. The first-order valence-corrected chi connectivity index (χ1v) is 7.60. The van der Waals surface area contributed by atoms with E-state index in [-0.39, 0.29) is 12.7 Å². The summed E-state index contributed by atoms with van der Waals surface area (Å²) in [5, 5.41) is 0. The van der Waals surface area contributed by atoms with Gasteiger partial charge in [0.05, 0.1) is 0 Å². The van der Waals surface area contributed by atoms with Gasteiger partial charge in [-0.2, -0.15) is 0 Å². The quantitative estimate of drug-likeness (QED) is 0.685. The minimum Gasteiger partial charge on any atom is -0.444 e. The van der Waals surface area contributed by atoms with Crippen LogP contribution in [0.1, 0.15) is 16.8 Å². The van der Waals surface area contributed by atoms with Crippen molar-refractivity contribution in [3.8, 4) is 11.1 Å². The molecule has 23 heavy (non-hydrogen) atoms. The number of carbonyl (C=O) groups is 1. The molecule has 3 heteroatoms. The van der Waals surface area contributed by atoms with Crippen molar-refractivity contribution in [2.24, 2.45) is 0 Å². The van der Waals surface area contributed by atoms with Crippen molar-refractivity contribution < 1.29 is 9.53 Å². The second-order valence-electron chi connectivity index (χ2n) is 5.65. The Morgan fingerprint density at radius 2 is 1.65 bits per heavy atom. The van der Waals surface area contributed by atoms with Crippen LogP contribution in [0.25, 0.3) is 11.1 Å². The molecule has 0 bridgehead atoms. The van der Waals surface area contributed by atoms with E-state index in [0.717, 1.165) is 22.4 Å². The summed E-state index contributed by atoms with van der Waals surface area (Å²) in [6.45, 7) is 4.24. The highest BCUT2D eigenvalue weighted by Gasteiger charge is 2.12. The predicted molar refractivity (Wildman–Crippen MR) is 91.4 cm³/mol. The second kappa shape index (κ2) is 6.53. The molecule has 0 aliphatic heterocycles. The molecule has 116 valence electrons. The van der Waals surface area contributed by atoms with Gasteiger partial charge >= 0.3 is 6.09 Å². The highest BCUT2D eigenvalue weighted by molar-refractivity contribution is 5.75. The Kier molecular flexibility index (Phi) is 4.29. The van der Waals surface area contributed by atoms with Gasteiger partial charge in [0.2, 0.25) is 0 Å². The van der Waals surface area contributed by atoms with E-state index >= 15 is 0 Å². The molecule has 0 radical (unpaired) electrons. The lowest BCUT2D eigenvalue weighted by Crippen LogP contribution is -2.13. The van der Waals surface area contributed by atoms with E-state index < -0.39 is 0 Å².